The van der Waals surface area contributed by atoms with Gasteiger partial charge in [0, 0.05) is 18.0 Å². The lowest BCUT2D eigenvalue weighted by atomic mass is 9.84. The number of carbonyl (C=O) groups is 1. The van der Waals surface area contributed by atoms with Crippen LogP contribution in [0, 0.1) is 5.92 Å². The number of rotatable bonds is 3. The van der Waals surface area contributed by atoms with Gasteiger partial charge in [0.15, 0.2) is 5.58 Å². The Kier molecular flexibility index (Phi) is 3.37. The van der Waals surface area contributed by atoms with Crippen LogP contribution in [0.3, 0.4) is 0 Å². The number of hydrogen-bond acceptors (Lipinski definition) is 4. The second-order valence-corrected chi connectivity index (χ2v) is 6.40. The van der Waals surface area contributed by atoms with Crippen LogP contribution in [0.5, 0.6) is 0 Å². The third kappa shape index (κ3) is 2.29. The fraction of sp³-hybridized carbons (Fsp3) is 0.529. The van der Waals surface area contributed by atoms with Crippen LogP contribution in [-0.2, 0) is 6.42 Å². The topological polar surface area (TPSA) is 58.4 Å². The quantitative estimate of drug-likeness (QED) is 0.944. The smallest absolute Gasteiger partial charge is 0.270 e. The van der Waals surface area contributed by atoms with Crippen LogP contribution in [0.2, 0.25) is 0 Å². The molecule has 1 atom stereocenters. The number of aromatic nitrogens is 1. The molecule has 0 aliphatic carbocycles. The lowest BCUT2D eigenvalue weighted by Gasteiger charge is -2.44. The van der Waals surface area contributed by atoms with Crippen molar-refractivity contribution in [2.45, 2.75) is 32.2 Å². The Balaban J connectivity index is 1.55. The van der Waals surface area contributed by atoms with Gasteiger partial charge in [0.25, 0.3) is 5.91 Å². The molecule has 3 fully saturated rings. The van der Waals surface area contributed by atoms with Crippen molar-refractivity contribution >= 4 is 16.9 Å². The van der Waals surface area contributed by atoms with E-state index in [1.54, 1.807) is 12.5 Å². The average molecular weight is 299 g/mol. The summed E-state index contributed by atoms with van der Waals surface area (Å²) in [6.07, 6.45) is 6.68. The maximum absolute atomic E-state index is 12.5. The highest BCUT2D eigenvalue weighted by Gasteiger charge is 2.35. The van der Waals surface area contributed by atoms with Crippen LogP contribution < -0.4 is 5.32 Å². The van der Waals surface area contributed by atoms with E-state index in [-0.39, 0.29) is 11.9 Å². The first-order valence-corrected chi connectivity index (χ1v) is 8.14. The standard InChI is InChI=1S/C17H21N3O2/c1-2-11-10-22-16-8-18-14(7-13(11)16)17(21)19-15-9-20-5-3-12(15)4-6-20/h7-8,10,12,15H,2-6,9H2,1H3,(H,19,21). The van der Waals surface area contributed by atoms with Crippen molar-refractivity contribution in [2.75, 3.05) is 19.6 Å². The first-order valence-electron chi connectivity index (χ1n) is 8.14. The van der Waals surface area contributed by atoms with Gasteiger partial charge in [-0.05, 0) is 49.9 Å². The molecule has 3 aliphatic heterocycles. The van der Waals surface area contributed by atoms with Gasteiger partial charge < -0.3 is 14.6 Å². The van der Waals surface area contributed by atoms with E-state index in [9.17, 15) is 4.79 Å². The molecule has 5 heteroatoms. The Morgan fingerprint density at radius 3 is 2.95 bits per heavy atom. The molecule has 2 bridgehead atoms. The summed E-state index contributed by atoms with van der Waals surface area (Å²) in [7, 11) is 0. The second-order valence-electron chi connectivity index (χ2n) is 6.40. The molecular weight excluding hydrogens is 278 g/mol. The highest BCUT2D eigenvalue weighted by Crippen LogP contribution is 2.28. The molecule has 5 heterocycles. The van der Waals surface area contributed by atoms with Crippen molar-refractivity contribution in [2.24, 2.45) is 5.92 Å². The molecule has 2 aromatic heterocycles. The van der Waals surface area contributed by atoms with Crippen molar-refractivity contribution in [1.29, 1.82) is 0 Å². The molecule has 5 rings (SSSR count). The molecule has 2 aromatic rings. The predicted molar refractivity (Wildman–Crippen MR) is 83.8 cm³/mol. The van der Waals surface area contributed by atoms with E-state index in [2.05, 4.69) is 22.1 Å². The molecule has 0 radical (unpaired) electrons. The normalized spacial score (nSPS) is 27.2. The minimum atomic E-state index is -0.0658. The molecule has 3 saturated heterocycles. The average Bonchev–Trinajstić information content (AvgIpc) is 2.98. The van der Waals surface area contributed by atoms with Crippen LogP contribution in [0.1, 0.15) is 35.8 Å². The summed E-state index contributed by atoms with van der Waals surface area (Å²) >= 11 is 0. The van der Waals surface area contributed by atoms with Gasteiger partial charge >= 0.3 is 0 Å². The maximum Gasteiger partial charge on any atom is 0.270 e. The fourth-order valence-corrected chi connectivity index (χ4v) is 3.75. The Morgan fingerprint density at radius 2 is 2.27 bits per heavy atom. The van der Waals surface area contributed by atoms with Gasteiger partial charge in [-0.2, -0.15) is 0 Å². The lowest BCUT2D eigenvalue weighted by Crippen LogP contribution is -2.57. The maximum atomic E-state index is 12.5. The van der Waals surface area contributed by atoms with E-state index < -0.39 is 0 Å². The Morgan fingerprint density at radius 1 is 1.45 bits per heavy atom. The summed E-state index contributed by atoms with van der Waals surface area (Å²) in [6.45, 7) is 5.41. The third-order valence-corrected chi connectivity index (χ3v) is 5.13. The van der Waals surface area contributed by atoms with Crippen molar-refractivity contribution in [3.63, 3.8) is 0 Å². The second kappa shape index (κ2) is 5.39. The van der Waals surface area contributed by atoms with E-state index in [4.69, 9.17) is 4.42 Å². The van der Waals surface area contributed by atoms with Gasteiger partial charge in [-0.1, -0.05) is 6.92 Å². The van der Waals surface area contributed by atoms with E-state index in [0.717, 1.165) is 29.5 Å². The molecule has 1 N–H and O–H groups in total. The Labute approximate surface area is 129 Å². The van der Waals surface area contributed by atoms with Crippen LogP contribution in [-0.4, -0.2) is 41.5 Å². The van der Waals surface area contributed by atoms with Gasteiger partial charge in [0.05, 0.1) is 12.5 Å². The minimum absolute atomic E-state index is 0.0658. The number of piperidine rings is 3. The lowest BCUT2D eigenvalue weighted by molar-refractivity contribution is 0.0618. The highest BCUT2D eigenvalue weighted by molar-refractivity contribution is 5.96. The van der Waals surface area contributed by atoms with Crippen molar-refractivity contribution in [3.05, 3.63) is 29.8 Å². The monoisotopic (exact) mass is 299 g/mol. The molecule has 22 heavy (non-hydrogen) atoms. The van der Waals surface area contributed by atoms with Crippen molar-refractivity contribution < 1.29 is 9.21 Å². The van der Waals surface area contributed by atoms with Gasteiger partial charge in [-0.3, -0.25) is 4.79 Å². The zero-order valence-electron chi connectivity index (χ0n) is 12.8. The Bertz CT molecular complexity index is 701. The number of nitrogens with zero attached hydrogens (tertiary/aromatic N) is 2. The molecule has 116 valence electrons. The summed E-state index contributed by atoms with van der Waals surface area (Å²) in [4.78, 5) is 19.2. The number of fused-ring (bicyclic) bond motifs is 4. The molecular formula is C17H21N3O2. The number of aryl methyl sites for hydroxylation is 1. The number of pyridine rings is 1. The largest absolute Gasteiger partial charge is 0.462 e. The molecule has 0 saturated carbocycles. The number of furan rings is 1. The van der Waals surface area contributed by atoms with Crippen molar-refractivity contribution in [3.8, 4) is 0 Å². The highest BCUT2D eigenvalue weighted by atomic mass is 16.3. The van der Waals surface area contributed by atoms with Crippen LogP contribution in [0.25, 0.3) is 11.0 Å². The number of hydrogen-bond donors (Lipinski definition) is 1. The zero-order valence-corrected chi connectivity index (χ0v) is 12.8. The van der Waals surface area contributed by atoms with E-state index in [1.165, 1.54) is 25.9 Å². The van der Waals surface area contributed by atoms with Crippen LogP contribution in [0.4, 0.5) is 0 Å². The summed E-state index contributed by atoms with van der Waals surface area (Å²) in [5.41, 5.74) is 2.35. The van der Waals surface area contributed by atoms with E-state index in [1.807, 2.05) is 6.07 Å². The summed E-state index contributed by atoms with van der Waals surface area (Å²) in [5.74, 6) is 0.557. The van der Waals surface area contributed by atoms with Gasteiger partial charge in [0.2, 0.25) is 0 Å². The van der Waals surface area contributed by atoms with Gasteiger partial charge in [-0.25, -0.2) is 4.98 Å². The molecule has 5 nitrogen and oxygen atoms in total. The Hall–Kier alpha value is -1.88. The van der Waals surface area contributed by atoms with Crippen LogP contribution >= 0.6 is 0 Å². The fourth-order valence-electron chi connectivity index (χ4n) is 3.75. The van der Waals surface area contributed by atoms with E-state index >= 15 is 0 Å². The number of carbonyl (C=O) groups excluding carboxylic acids is 1. The summed E-state index contributed by atoms with van der Waals surface area (Å²) < 4.78 is 5.46. The molecule has 3 aliphatic rings. The molecule has 0 aromatic carbocycles. The zero-order chi connectivity index (χ0) is 15.1. The first-order chi connectivity index (χ1) is 10.7. The van der Waals surface area contributed by atoms with Gasteiger partial charge in [-0.15, -0.1) is 0 Å². The molecule has 0 spiro atoms. The number of nitrogens with one attached hydrogen (secondary N) is 1. The SMILES string of the molecule is CCc1coc2cnc(C(=O)NC3CN4CCC3CC4)cc12. The number of amides is 1. The minimum Gasteiger partial charge on any atom is -0.462 e. The molecule has 1 amide bonds. The first kappa shape index (κ1) is 13.8. The molecule has 1 unspecified atom stereocenters. The third-order valence-electron chi connectivity index (χ3n) is 5.13. The predicted octanol–water partition coefficient (Wildman–Crippen LogP) is 2.21. The van der Waals surface area contributed by atoms with Crippen molar-refractivity contribution in [1.82, 2.24) is 15.2 Å². The summed E-state index contributed by atoms with van der Waals surface area (Å²) in [5, 5.41) is 4.18. The summed E-state index contributed by atoms with van der Waals surface area (Å²) in [6, 6.07) is 2.12. The van der Waals surface area contributed by atoms with Gasteiger partial charge in [0.1, 0.15) is 5.69 Å². The van der Waals surface area contributed by atoms with E-state index in [0.29, 0.717) is 11.6 Å². The van der Waals surface area contributed by atoms with Crippen LogP contribution in [0.15, 0.2) is 22.9 Å².